The van der Waals surface area contributed by atoms with Crippen LogP contribution in [0.25, 0.3) is 0 Å². The molecule has 3 nitrogen and oxygen atoms in total. The van der Waals surface area contributed by atoms with Crippen LogP contribution in [-0.4, -0.2) is 12.1 Å². The predicted molar refractivity (Wildman–Crippen MR) is 96.1 cm³/mol. The lowest BCUT2D eigenvalue weighted by Gasteiger charge is -2.31. The molecule has 0 radical (unpaired) electrons. The second-order valence-corrected chi connectivity index (χ2v) is 7.49. The summed E-state index contributed by atoms with van der Waals surface area (Å²) in [5.74, 6) is 0.404. The Morgan fingerprint density at radius 2 is 1.84 bits per heavy atom. The SMILES string of the molecule is CCCC1CCC(OC(=O)C2CCC(C=CC=C(F)C#N)CC2)CC1. The molecule has 2 aliphatic rings. The van der Waals surface area contributed by atoms with Gasteiger partial charge in [0.05, 0.1) is 5.92 Å². The maximum absolute atomic E-state index is 12.7. The molecule has 0 bridgehead atoms. The Bertz CT molecular complexity index is 519. The van der Waals surface area contributed by atoms with E-state index in [0.717, 1.165) is 44.4 Å². The fourth-order valence-corrected chi connectivity index (χ4v) is 4.09. The summed E-state index contributed by atoms with van der Waals surface area (Å²) in [7, 11) is 0. The summed E-state index contributed by atoms with van der Waals surface area (Å²) in [4.78, 5) is 12.4. The summed E-state index contributed by atoms with van der Waals surface area (Å²) in [5.41, 5.74) is 0. The fraction of sp³-hybridized carbons (Fsp3) is 0.714. The monoisotopic (exact) mass is 347 g/mol. The van der Waals surface area contributed by atoms with E-state index in [1.165, 1.54) is 37.8 Å². The number of nitriles is 1. The van der Waals surface area contributed by atoms with Crippen LogP contribution in [0.5, 0.6) is 0 Å². The first-order valence-electron chi connectivity index (χ1n) is 9.77. The summed E-state index contributed by atoms with van der Waals surface area (Å²) in [6.07, 6.45) is 15.3. The van der Waals surface area contributed by atoms with E-state index in [9.17, 15) is 9.18 Å². The molecule has 0 saturated heterocycles. The van der Waals surface area contributed by atoms with E-state index in [-0.39, 0.29) is 18.0 Å². The van der Waals surface area contributed by atoms with Crippen LogP contribution in [0.2, 0.25) is 0 Å². The highest BCUT2D eigenvalue weighted by Crippen LogP contribution is 2.33. The molecule has 0 atom stereocenters. The third kappa shape index (κ3) is 6.65. The van der Waals surface area contributed by atoms with E-state index in [2.05, 4.69) is 6.92 Å². The Morgan fingerprint density at radius 3 is 2.44 bits per heavy atom. The molecule has 2 fully saturated rings. The van der Waals surface area contributed by atoms with Crippen LogP contribution in [0, 0.1) is 29.1 Å². The largest absolute Gasteiger partial charge is 0.462 e. The Labute approximate surface area is 150 Å². The van der Waals surface area contributed by atoms with E-state index >= 15 is 0 Å². The lowest BCUT2D eigenvalue weighted by Crippen LogP contribution is -2.30. The molecule has 2 aliphatic carbocycles. The van der Waals surface area contributed by atoms with Gasteiger partial charge in [-0.2, -0.15) is 9.65 Å². The topological polar surface area (TPSA) is 50.1 Å². The molecule has 2 saturated carbocycles. The lowest BCUT2D eigenvalue weighted by molar-refractivity contribution is -0.157. The van der Waals surface area contributed by atoms with Gasteiger partial charge in [0.15, 0.2) is 5.83 Å². The fourth-order valence-electron chi connectivity index (χ4n) is 4.09. The smallest absolute Gasteiger partial charge is 0.309 e. The van der Waals surface area contributed by atoms with Crippen LogP contribution >= 0.6 is 0 Å². The summed E-state index contributed by atoms with van der Waals surface area (Å²) in [5, 5.41) is 8.36. The molecule has 0 aromatic carbocycles. The van der Waals surface area contributed by atoms with Gasteiger partial charge in [-0.1, -0.05) is 31.9 Å². The van der Waals surface area contributed by atoms with Crippen LogP contribution in [0.3, 0.4) is 0 Å². The Hall–Kier alpha value is -1.63. The molecular weight excluding hydrogens is 317 g/mol. The van der Waals surface area contributed by atoms with Gasteiger partial charge in [0.2, 0.25) is 0 Å². The molecule has 0 aromatic rings. The second-order valence-electron chi connectivity index (χ2n) is 7.49. The molecule has 0 spiro atoms. The molecule has 2 rings (SSSR count). The van der Waals surface area contributed by atoms with Gasteiger partial charge in [0.1, 0.15) is 12.2 Å². The maximum Gasteiger partial charge on any atom is 0.309 e. The third-order valence-corrected chi connectivity index (χ3v) is 5.61. The van der Waals surface area contributed by atoms with Crippen molar-refractivity contribution in [1.29, 1.82) is 5.26 Å². The van der Waals surface area contributed by atoms with E-state index in [0.29, 0.717) is 5.92 Å². The number of rotatable bonds is 6. The molecular formula is C21H30FNO2. The van der Waals surface area contributed by atoms with Crippen LogP contribution in [0.15, 0.2) is 24.1 Å². The summed E-state index contributed by atoms with van der Waals surface area (Å²) >= 11 is 0. The summed E-state index contributed by atoms with van der Waals surface area (Å²) < 4.78 is 18.5. The van der Waals surface area contributed by atoms with Crippen LogP contribution in [0.4, 0.5) is 4.39 Å². The van der Waals surface area contributed by atoms with Crippen molar-refractivity contribution < 1.29 is 13.9 Å². The number of allylic oxidation sites excluding steroid dienone is 4. The zero-order chi connectivity index (χ0) is 18.1. The van der Waals surface area contributed by atoms with Crippen molar-refractivity contribution in [2.24, 2.45) is 17.8 Å². The normalized spacial score (nSPS) is 30.8. The van der Waals surface area contributed by atoms with Gasteiger partial charge in [-0.05, 0) is 69.3 Å². The molecule has 0 N–H and O–H groups in total. The number of hydrogen-bond donors (Lipinski definition) is 0. The minimum absolute atomic E-state index is 0.0169. The van der Waals surface area contributed by atoms with Crippen LogP contribution in [-0.2, 0) is 9.53 Å². The highest BCUT2D eigenvalue weighted by atomic mass is 19.1. The number of hydrogen-bond acceptors (Lipinski definition) is 3. The van der Waals surface area contributed by atoms with E-state index in [1.807, 2.05) is 6.08 Å². The Morgan fingerprint density at radius 1 is 1.16 bits per heavy atom. The number of nitrogens with zero attached hydrogens (tertiary/aromatic N) is 1. The lowest BCUT2D eigenvalue weighted by atomic mass is 9.81. The van der Waals surface area contributed by atoms with Crippen molar-refractivity contribution in [3.8, 4) is 6.07 Å². The van der Waals surface area contributed by atoms with Crippen molar-refractivity contribution >= 4 is 5.97 Å². The zero-order valence-electron chi connectivity index (χ0n) is 15.3. The number of carbonyl (C=O) groups is 1. The van der Waals surface area contributed by atoms with Crippen molar-refractivity contribution in [2.75, 3.05) is 0 Å². The van der Waals surface area contributed by atoms with Gasteiger partial charge in [-0.15, -0.1) is 0 Å². The minimum atomic E-state index is -0.776. The molecule has 0 aromatic heterocycles. The van der Waals surface area contributed by atoms with Gasteiger partial charge in [-0.3, -0.25) is 4.79 Å². The van der Waals surface area contributed by atoms with Crippen LogP contribution < -0.4 is 0 Å². The number of carbonyl (C=O) groups excluding carboxylic acids is 1. The first kappa shape index (κ1) is 19.7. The van der Waals surface area contributed by atoms with E-state index in [1.54, 1.807) is 6.08 Å². The molecule has 4 heteroatoms. The van der Waals surface area contributed by atoms with Crippen molar-refractivity contribution in [3.05, 3.63) is 24.1 Å². The number of esters is 1. The molecule has 0 unspecified atom stereocenters. The van der Waals surface area contributed by atoms with Crippen molar-refractivity contribution in [3.63, 3.8) is 0 Å². The second kappa shape index (κ2) is 10.4. The zero-order valence-corrected chi connectivity index (χ0v) is 15.3. The molecule has 0 heterocycles. The van der Waals surface area contributed by atoms with Crippen molar-refractivity contribution in [2.45, 2.75) is 77.2 Å². The molecule has 25 heavy (non-hydrogen) atoms. The highest BCUT2D eigenvalue weighted by Gasteiger charge is 2.29. The minimum Gasteiger partial charge on any atom is -0.462 e. The van der Waals surface area contributed by atoms with Gasteiger partial charge in [0.25, 0.3) is 0 Å². The Kier molecular flexibility index (Phi) is 8.18. The van der Waals surface area contributed by atoms with Gasteiger partial charge in [-0.25, -0.2) is 0 Å². The van der Waals surface area contributed by atoms with Crippen molar-refractivity contribution in [1.82, 2.24) is 0 Å². The average Bonchev–Trinajstić information content (AvgIpc) is 2.64. The molecule has 0 amide bonds. The molecule has 0 aliphatic heterocycles. The van der Waals surface area contributed by atoms with Crippen LogP contribution in [0.1, 0.15) is 71.1 Å². The predicted octanol–water partition coefficient (Wildman–Crippen LogP) is 5.63. The van der Waals surface area contributed by atoms with E-state index in [4.69, 9.17) is 10.00 Å². The standard InChI is InChI=1S/C21H30FNO2/c1-2-4-16-9-13-20(14-10-16)25-21(24)18-11-7-17(8-12-18)5-3-6-19(22)15-23/h3,5-6,16-18,20H,2,4,7-14H2,1H3. The highest BCUT2D eigenvalue weighted by molar-refractivity contribution is 5.72. The van der Waals surface area contributed by atoms with Gasteiger partial charge in [0, 0.05) is 0 Å². The first-order valence-corrected chi connectivity index (χ1v) is 9.77. The van der Waals surface area contributed by atoms with E-state index < -0.39 is 5.83 Å². The summed E-state index contributed by atoms with van der Waals surface area (Å²) in [6, 6.07) is 1.46. The first-order chi connectivity index (χ1) is 12.1. The quantitative estimate of drug-likeness (QED) is 0.355. The Balaban J connectivity index is 1.69. The number of ether oxygens (including phenoxy) is 1. The summed E-state index contributed by atoms with van der Waals surface area (Å²) in [6.45, 7) is 2.23. The van der Waals surface area contributed by atoms with Gasteiger partial charge < -0.3 is 4.74 Å². The van der Waals surface area contributed by atoms with Gasteiger partial charge >= 0.3 is 5.97 Å². The third-order valence-electron chi connectivity index (χ3n) is 5.61. The average molecular weight is 347 g/mol. The number of halogens is 1. The maximum atomic E-state index is 12.7. The molecule has 138 valence electrons.